The van der Waals surface area contributed by atoms with Crippen molar-refractivity contribution >= 4 is 45.7 Å². The van der Waals surface area contributed by atoms with Gasteiger partial charge in [-0.15, -0.1) is 0 Å². The van der Waals surface area contributed by atoms with Gasteiger partial charge in [0.15, 0.2) is 0 Å². The molecule has 2 aromatic rings. The molecule has 84 valence electrons. The van der Waals surface area contributed by atoms with Crippen LogP contribution < -0.4 is 0 Å². The molecule has 0 bridgehead atoms. The lowest BCUT2D eigenvalue weighted by Crippen LogP contribution is -1.92. The van der Waals surface area contributed by atoms with Gasteiger partial charge in [0.25, 0.3) is 0 Å². The molecule has 4 heteroatoms. The molecular weight excluding hydrogens is 264 g/mol. The van der Waals surface area contributed by atoms with Gasteiger partial charge < -0.3 is 0 Å². The van der Waals surface area contributed by atoms with Gasteiger partial charge in [-0.1, -0.05) is 34.8 Å². The Bertz CT molecular complexity index is 591. The van der Waals surface area contributed by atoms with Crippen LogP contribution in [0.1, 0.15) is 16.7 Å². The number of aryl methyl sites for hydroxylation is 2. The number of nitrogens with zero attached hydrogens (tertiary/aromatic N) is 1. The van der Waals surface area contributed by atoms with Gasteiger partial charge >= 0.3 is 0 Å². The van der Waals surface area contributed by atoms with Gasteiger partial charge in [0.1, 0.15) is 0 Å². The predicted molar refractivity (Wildman–Crippen MR) is 71.0 cm³/mol. The van der Waals surface area contributed by atoms with Crippen molar-refractivity contribution in [1.82, 2.24) is 4.98 Å². The Morgan fingerprint density at radius 1 is 0.875 bits per heavy atom. The molecule has 1 heterocycles. The van der Waals surface area contributed by atoms with E-state index in [2.05, 4.69) is 4.98 Å². The van der Waals surface area contributed by atoms with Crippen molar-refractivity contribution in [2.75, 3.05) is 0 Å². The normalized spacial score (nSPS) is 11.1. The number of fused-ring (bicyclic) bond motifs is 1. The summed E-state index contributed by atoms with van der Waals surface area (Å²) in [6.07, 6.45) is 1.73. The molecule has 0 saturated heterocycles. The van der Waals surface area contributed by atoms with Crippen molar-refractivity contribution in [2.45, 2.75) is 20.8 Å². The molecular formula is C12H10Cl3N. The van der Waals surface area contributed by atoms with Crippen LogP contribution in [0.3, 0.4) is 0 Å². The van der Waals surface area contributed by atoms with E-state index in [1.165, 1.54) is 0 Å². The van der Waals surface area contributed by atoms with Crippen LogP contribution in [0.15, 0.2) is 6.20 Å². The second kappa shape index (κ2) is 4.06. The molecule has 16 heavy (non-hydrogen) atoms. The molecule has 0 amide bonds. The average Bonchev–Trinajstić information content (AvgIpc) is 2.27. The monoisotopic (exact) mass is 273 g/mol. The lowest BCUT2D eigenvalue weighted by atomic mass is 10.0. The van der Waals surface area contributed by atoms with E-state index < -0.39 is 0 Å². The standard InChI is InChI=1S/C12H10Cl3N/c1-5-4-16-12-8(9(5)13)6(2)10(14)7(3)11(12)15/h4H,1-3H3. The van der Waals surface area contributed by atoms with Gasteiger partial charge in [-0.25, -0.2) is 0 Å². The third kappa shape index (κ3) is 1.58. The van der Waals surface area contributed by atoms with E-state index >= 15 is 0 Å². The molecule has 1 aromatic carbocycles. The highest BCUT2D eigenvalue weighted by atomic mass is 35.5. The summed E-state index contributed by atoms with van der Waals surface area (Å²) in [6, 6.07) is 0. The number of hydrogen-bond acceptors (Lipinski definition) is 1. The zero-order chi connectivity index (χ0) is 12.0. The lowest BCUT2D eigenvalue weighted by Gasteiger charge is -2.12. The van der Waals surface area contributed by atoms with Crippen LogP contribution in [0.2, 0.25) is 15.1 Å². The first-order valence-corrected chi connectivity index (χ1v) is 5.97. The number of pyridine rings is 1. The number of aromatic nitrogens is 1. The largest absolute Gasteiger partial charge is 0.254 e. The average molecular weight is 275 g/mol. The Kier molecular flexibility index (Phi) is 3.04. The maximum atomic E-state index is 6.27. The van der Waals surface area contributed by atoms with Crippen molar-refractivity contribution in [1.29, 1.82) is 0 Å². The van der Waals surface area contributed by atoms with Gasteiger partial charge in [0.05, 0.1) is 15.6 Å². The van der Waals surface area contributed by atoms with Gasteiger partial charge in [0, 0.05) is 16.6 Å². The Morgan fingerprint density at radius 2 is 1.50 bits per heavy atom. The topological polar surface area (TPSA) is 12.9 Å². The molecule has 1 nitrogen and oxygen atoms in total. The zero-order valence-corrected chi connectivity index (χ0v) is 11.4. The smallest absolute Gasteiger partial charge is 0.0909 e. The lowest BCUT2D eigenvalue weighted by molar-refractivity contribution is 1.31. The molecule has 0 aliphatic carbocycles. The van der Waals surface area contributed by atoms with Gasteiger partial charge in [-0.2, -0.15) is 0 Å². The third-order valence-corrected chi connectivity index (χ3v) is 4.28. The van der Waals surface area contributed by atoms with Crippen molar-refractivity contribution in [2.24, 2.45) is 0 Å². The first kappa shape index (κ1) is 12.0. The van der Waals surface area contributed by atoms with Crippen LogP contribution in [0.5, 0.6) is 0 Å². The van der Waals surface area contributed by atoms with E-state index in [4.69, 9.17) is 34.8 Å². The molecule has 1 aromatic heterocycles. The molecule has 0 aliphatic heterocycles. The summed E-state index contributed by atoms with van der Waals surface area (Å²) in [5.41, 5.74) is 3.42. The maximum Gasteiger partial charge on any atom is 0.0909 e. The van der Waals surface area contributed by atoms with Crippen LogP contribution >= 0.6 is 34.8 Å². The van der Waals surface area contributed by atoms with E-state index in [-0.39, 0.29) is 0 Å². The second-order valence-electron chi connectivity index (χ2n) is 3.86. The predicted octanol–water partition coefficient (Wildman–Crippen LogP) is 5.12. The molecule has 0 saturated carbocycles. The Balaban J connectivity index is 3.09. The van der Waals surface area contributed by atoms with Crippen molar-refractivity contribution < 1.29 is 0 Å². The number of rotatable bonds is 0. The minimum Gasteiger partial charge on any atom is -0.254 e. The number of hydrogen-bond donors (Lipinski definition) is 0. The highest BCUT2D eigenvalue weighted by Crippen LogP contribution is 2.39. The van der Waals surface area contributed by atoms with Gasteiger partial charge in [0.2, 0.25) is 0 Å². The zero-order valence-electron chi connectivity index (χ0n) is 9.16. The fraction of sp³-hybridized carbons (Fsp3) is 0.250. The van der Waals surface area contributed by atoms with E-state index in [1.807, 2.05) is 20.8 Å². The first-order valence-electron chi connectivity index (χ1n) is 4.84. The third-order valence-electron chi connectivity index (χ3n) is 2.76. The Labute approximate surface area is 109 Å². The summed E-state index contributed by atoms with van der Waals surface area (Å²) in [7, 11) is 0. The number of benzene rings is 1. The second-order valence-corrected chi connectivity index (χ2v) is 4.99. The summed E-state index contributed by atoms with van der Waals surface area (Å²) in [5, 5.41) is 2.76. The Morgan fingerprint density at radius 3 is 2.12 bits per heavy atom. The molecule has 0 aliphatic rings. The Hall–Kier alpha value is -0.500. The summed E-state index contributed by atoms with van der Waals surface area (Å²) in [4.78, 5) is 4.33. The van der Waals surface area contributed by atoms with Crippen LogP contribution in [-0.2, 0) is 0 Å². The fourth-order valence-corrected chi connectivity index (χ4v) is 2.51. The fourth-order valence-electron chi connectivity index (χ4n) is 1.76. The summed E-state index contributed by atoms with van der Waals surface area (Å²) < 4.78 is 0. The summed E-state index contributed by atoms with van der Waals surface area (Å²) >= 11 is 18.7. The minimum absolute atomic E-state index is 0.576. The molecule has 2 rings (SSSR count). The molecule has 0 fully saturated rings. The first-order chi connectivity index (χ1) is 7.45. The van der Waals surface area contributed by atoms with Crippen molar-refractivity contribution in [3.8, 4) is 0 Å². The van der Waals surface area contributed by atoms with E-state index in [0.717, 1.165) is 27.6 Å². The van der Waals surface area contributed by atoms with Crippen molar-refractivity contribution in [3.05, 3.63) is 38.0 Å². The van der Waals surface area contributed by atoms with E-state index in [0.29, 0.717) is 15.1 Å². The van der Waals surface area contributed by atoms with Crippen LogP contribution in [0.4, 0.5) is 0 Å². The molecule has 0 N–H and O–H groups in total. The minimum atomic E-state index is 0.576. The molecule has 0 spiro atoms. The van der Waals surface area contributed by atoms with Gasteiger partial charge in [-0.3, -0.25) is 4.98 Å². The highest BCUT2D eigenvalue weighted by molar-refractivity contribution is 6.43. The van der Waals surface area contributed by atoms with Crippen molar-refractivity contribution in [3.63, 3.8) is 0 Å². The molecule has 0 radical (unpaired) electrons. The van der Waals surface area contributed by atoms with Gasteiger partial charge in [-0.05, 0) is 37.5 Å². The van der Waals surface area contributed by atoms with Crippen LogP contribution in [-0.4, -0.2) is 4.98 Å². The van der Waals surface area contributed by atoms with Crippen LogP contribution in [0, 0.1) is 20.8 Å². The maximum absolute atomic E-state index is 6.27. The van der Waals surface area contributed by atoms with E-state index in [9.17, 15) is 0 Å². The SMILES string of the molecule is Cc1cnc2c(Cl)c(C)c(Cl)c(C)c2c1Cl. The molecule has 0 unspecified atom stereocenters. The molecule has 0 atom stereocenters. The van der Waals surface area contributed by atoms with E-state index in [1.54, 1.807) is 6.20 Å². The van der Waals surface area contributed by atoms with Crippen LogP contribution in [0.25, 0.3) is 10.9 Å². The highest BCUT2D eigenvalue weighted by Gasteiger charge is 2.15. The summed E-state index contributed by atoms with van der Waals surface area (Å²) in [6.45, 7) is 5.73. The number of halogens is 3. The summed E-state index contributed by atoms with van der Waals surface area (Å²) in [5.74, 6) is 0. The quantitative estimate of drug-likeness (QED) is 0.650.